The molecule has 3 nitrogen and oxygen atoms in total. The van der Waals surface area contributed by atoms with Crippen LogP contribution in [0.2, 0.25) is 0 Å². The van der Waals surface area contributed by atoms with E-state index in [1.807, 2.05) is 0 Å². The van der Waals surface area contributed by atoms with Crippen LogP contribution in [0.5, 0.6) is 0 Å². The predicted octanol–water partition coefficient (Wildman–Crippen LogP) is 1.05. The van der Waals surface area contributed by atoms with E-state index in [1.165, 1.54) is 31.1 Å². The van der Waals surface area contributed by atoms with Crippen LogP contribution in [0, 0.1) is 0 Å². The minimum absolute atomic E-state index is 0.522. The highest BCUT2D eigenvalue weighted by atomic mass is 32.2. The summed E-state index contributed by atoms with van der Waals surface area (Å²) in [6.07, 6.45) is 1.14. The van der Waals surface area contributed by atoms with Gasteiger partial charge in [-0.15, -0.1) is 0 Å². The highest BCUT2D eigenvalue weighted by Crippen LogP contribution is 2.07. The molecule has 4 heteroatoms. The minimum atomic E-state index is 0.522. The van der Waals surface area contributed by atoms with Gasteiger partial charge in [0.1, 0.15) is 0 Å². The van der Waals surface area contributed by atoms with E-state index in [0.717, 1.165) is 19.6 Å². The van der Waals surface area contributed by atoms with Gasteiger partial charge < -0.3 is 15.0 Å². The van der Waals surface area contributed by atoms with Crippen LogP contribution in [0.15, 0.2) is 0 Å². The van der Waals surface area contributed by atoms with Crippen molar-refractivity contribution in [2.45, 2.75) is 19.4 Å². The lowest BCUT2D eigenvalue weighted by molar-refractivity contribution is 0.162. The lowest BCUT2D eigenvalue weighted by Gasteiger charge is -2.27. The summed E-state index contributed by atoms with van der Waals surface area (Å²) in [5.74, 6) is 2.60. The summed E-state index contributed by atoms with van der Waals surface area (Å²) in [4.78, 5) is 2.54. The molecular formula is C11H24N2OS. The van der Waals surface area contributed by atoms with Gasteiger partial charge in [0.05, 0.1) is 6.61 Å². The SMILES string of the molecule is CCC(COC)NCCN1CCSCC1. The zero-order chi connectivity index (χ0) is 10.9. The Morgan fingerprint density at radius 1 is 1.40 bits per heavy atom. The molecule has 1 saturated heterocycles. The van der Waals surface area contributed by atoms with Crippen molar-refractivity contribution in [2.24, 2.45) is 0 Å². The molecule has 0 aromatic heterocycles. The number of rotatable bonds is 7. The smallest absolute Gasteiger partial charge is 0.0615 e. The molecule has 1 aliphatic rings. The Balaban J connectivity index is 2.03. The molecule has 0 aromatic carbocycles. The first kappa shape index (κ1) is 13.3. The van der Waals surface area contributed by atoms with Crippen LogP contribution in [-0.2, 0) is 4.74 Å². The fourth-order valence-corrected chi connectivity index (χ4v) is 2.75. The molecule has 0 aliphatic carbocycles. The molecule has 1 heterocycles. The molecule has 0 saturated carbocycles. The summed E-state index contributed by atoms with van der Waals surface area (Å²) in [5, 5.41) is 3.54. The highest BCUT2D eigenvalue weighted by molar-refractivity contribution is 7.99. The zero-order valence-corrected chi connectivity index (χ0v) is 10.8. The second-order valence-electron chi connectivity index (χ2n) is 3.97. The zero-order valence-electron chi connectivity index (χ0n) is 10.00. The summed E-state index contributed by atoms with van der Waals surface area (Å²) < 4.78 is 5.16. The average Bonchev–Trinajstić information content (AvgIpc) is 2.29. The van der Waals surface area contributed by atoms with E-state index in [0.29, 0.717) is 6.04 Å². The number of nitrogens with zero attached hydrogens (tertiary/aromatic N) is 1. The first-order valence-corrected chi connectivity index (χ1v) is 7.04. The van der Waals surface area contributed by atoms with Gasteiger partial charge in [0, 0.05) is 50.8 Å². The van der Waals surface area contributed by atoms with Crippen LogP contribution in [-0.4, -0.2) is 62.3 Å². The molecular weight excluding hydrogens is 208 g/mol. The van der Waals surface area contributed by atoms with Crippen molar-refractivity contribution in [1.29, 1.82) is 0 Å². The molecule has 0 radical (unpaired) electrons. The van der Waals surface area contributed by atoms with Gasteiger partial charge in [0.2, 0.25) is 0 Å². The van der Waals surface area contributed by atoms with E-state index in [2.05, 4.69) is 28.9 Å². The van der Waals surface area contributed by atoms with E-state index in [1.54, 1.807) is 7.11 Å². The lowest BCUT2D eigenvalue weighted by atomic mass is 10.2. The van der Waals surface area contributed by atoms with Crippen molar-refractivity contribution in [3.63, 3.8) is 0 Å². The van der Waals surface area contributed by atoms with E-state index in [-0.39, 0.29) is 0 Å². The molecule has 0 amide bonds. The van der Waals surface area contributed by atoms with Crippen molar-refractivity contribution in [1.82, 2.24) is 10.2 Å². The Morgan fingerprint density at radius 3 is 2.73 bits per heavy atom. The number of hydrogen-bond donors (Lipinski definition) is 1. The first-order valence-electron chi connectivity index (χ1n) is 5.89. The van der Waals surface area contributed by atoms with E-state index < -0.39 is 0 Å². The molecule has 90 valence electrons. The average molecular weight is 232 g/mol. The maximum Gasteiger partial charge on any atom is 0.0615 e. The third-order valence-electron chi connectivity index (χ3n) is 2.83. The standard InChI is InChI=1S/C11H24N2OS/c1-3-11(10-14-2)12-4-5-13-6-8-15-9-7-13/h11-12H,3-10H2,1-2H3. The van der Waals surface area contributed by atoms with E-state index >= 15 is 0 Å². The lowest BCUT2D eigenvalue weighted by Crippen LogP contribution is -2.41. The molecule has 1 rings (SSSR count). The second-order valence-corrected chi connectivity index (χ2v) is 5.19. The van der Waals surface area contributed by atoms with Gasteiger partial charge in [-0.2, -0.15) is 11.8 Å². The Bertz CT molecular complexity index is 147. The minimum Gasteiger partial charge on any atom is -0.383 e. The molecule has 1 atom stereocenters. The molecule has 0 spiro atoms. The Morgan fingerprint density at radius 2 is 2.13 bits per heavy atom. The normalized spacial score (nSPS) is 20.4. The number of hydrogen-bond acceptors (Lipinski definition) is 4. The summed E-state index contributed by atoms with van der Waals surface area (Å²) >= 11 is 2.07. The van der Waals surface area contributed by atoms with Crippen LogP contribution in [0.4, 0.5) is 0 Å². The van der Waals surface area contributed by atoms with Gasteiger partial charge in [-0.25, -0.2) is 0 Å². The Kier molecular flexibility index (Phi) is 7.44. The number of methoxy groups -OCH3 is 1. The summed E-state index contributed by atoms with van der Waals surface area (Å²) in [5.41, 5.74) is 0. The van der Waals surface area contributed by atoms with Crippen LogP contribution in [0.3, 0.4) is 0 Å². The second kappa shape index (κ2) is 8.39. The highest BCUT2D eigenvalue weighted by Gasteiger charge is 2.10. The van der Waals surface area contributed by atoms with E-state index in [4.69, 9.17) is 4.74 Å². The van der Waals surface area contributed by atoms with Gasteiger partial charge in [-0.3, -0.25) is 0 Å². The molecule has 15 heavy (non-hydrogen) atoms. The molecule has 1 N–H and O–H groups in total. The molecule has 1 aliphatic heterocycles. The van der Waals surface area contributed by atoms with Gasteiger partial charge >= 0.3 is 0 Å². The maximum absolute atomic E-state index is 5.16. The largest absolute Gasteiger partial charge is 0.383 e. The van der Waals surface area contributed by atoms with Crippen LogP contribution < -0.4 is 5.32 Å². The quantitative estimate of drug-likeness (QED) is 0.709. The van der Waals surface area contributed by atoms with Crippen molar-refractivity contribution < 1.29 is 4.74 Å². The summed E-state index contributed by atoms with van der Waals surface area (Å²) in [6.45, 7) is 7.81. The van der Waals surface area contributed by atoms with Crippen molar-refractivity contribution >= 4 is 11.8 Å². The predicted molar refractivity (Wildman–Crippen MR) is 67.7 cm³/mol. The van der Waals surface area contributed by atoms with Gasteiger partial charge in [-0.05, 0) is 6.42 Å². The number of ether oxygens (including phenoxy) is 1. The molecule has 1 fully saturated rings. The summed E-state index contributed by atoms with van der Waals surface area (Å²) in [7, 11) is 1.77. The fraction of sp³-hybridized carbons (Fsp3) is 1.00. The van der Waals surface area contributed by atoms with Crippen LogP contribution >= 0.6 is 11.8 Å². The fourth-order valence-electron chi connectivity index (χ4n) is 1.77. The Labute approximate surface area is 97.9 Å². The summed E-state index contributed by atoms with van der Waals surface area (Å²) in [6, 6.07) is 0.522. The van der Waals surface area contributed by atoms with Crippen LogP contribution in [0.25, 0.3) is 0 Å². The van der Waals surface area contributed by atoms with Gasteiger partial charge in [0.15, 0.2) is 0 Å². The maximum atomic E-state index is 5.16. The molecule has 0 aromatic rings. The van der Waals surface area contributed by atoms with Gasteiger partial charge in [0.25, 0.3) is 0 Å². The third-order valence-corrected chi connectivity index (χ3v) is 3.77. The van der Waals surface area contributed by atoms with E-state index in [9.17, 15) is 0 Å². The van der Waals surface area contributed by atoms with Gasteiger partial charge in [-0.1, -0.05) is 6.92 Å². The number of nitrogens with one attached hydrogen (secondary N) is 1. The van der Waals surface area contributed by atoms with Crippen LogP contribution in [0.1, 0.15) is 13.3 Å². The van der Waals surface area contributed by atoms with Crippen molar-refractivity contribution in [3.8, 4) is 0 Å². The first-order chi connectivity index (χ1) is 7.36. The monoisotopic (exact) mass is 232 g/mol. The topological polar surface area (TPSA) is 24.5 Å². The third kappa shape index (κ3) is 5.76. The van der Waals surface area contributed by atoms with Crippen molar-refractivity contribution in [2.75, 3.05) is 51.4 Å². The number of thioether (sulfide) groups is 1. The Hall–Kier alpha value is 0.230. The van der Waals surface area contributed by atoms with Crippen molar-refractivity contribution in [3.05, 3.63) is 0 Å². The molecule has 1 unspecified atom stereocenters. The molecule has 0 bridgehead atoms.